The fourth-order valence-corrected chi connectivity index (χ4v) is 1.34. The third-order valence-corrected chi connectivity index (χ3v) is 2.13. The first-order valence-corrected chi connectivity index (χ1v) is 5.25. The van der Waals surface area contributed by atoms with Crippen LogP contribution in [0.2, 0.25) is 0 Å². The predicted octanol–water partition coefficient (Wildman–Crippen LogP) is 3.55. The number of benzene rings is 1. The van der Waals surface area contributed by atoms with Gasteiger partial charge in [0.2, 0.25) is 0 Å². The minimum Gasteiger partial charge on any atom is -0.406 e. The average molecular weight is 297 g/mol. The highest BCUT2D eigenvalue weighted by molar-refractivity contribution is 9.10. The molecule has 0 fully saturated rings. The Hall–Kier alpha value is -1.04. The third-order valence-electron chi connectivity index (χ3n) is 1.71. The molecule has 1 rings (SSSR count). The lowest BCUT2D eigenvalue weighted by atomic mass is 10.1. The SMILES string of the molecule is CC(Br)C(=O)c1cccc(OC(F)(F)F)c1. The van der Waals surface area contributed by atoms with Crippen molar-refractivity contribution >= 4 is 21.7 Å². The van der Waals surface area contributed by atoms with Crippen molar-refractivity contribution in [3.05, 3.63) is 29.8 Å². The van der Waals surface area contributed by atoms with E-state index in [4.69, 9.17) is 0 Å². The molecule has 0 radical (unpaired) electrons. The highest BCUT2D eigenvalue weighted by Crippen LogP contribution is 2.24. The highest BCUT2D eigenvalue weighted by Gasteiger charge is 2.31. The molecular formula is C10H8BrF3O2. The molecule has 16 heavy (non-hydrogen) atoms. The molecule has 1 unspecified atom stereocenters. The van der Waals surface area contributed by atoms with Gasteiger partial charge in [-0.25, -0.2) is 0 Å². The summed E-state index contributed by atoms with van der Waals surface area (Å²) in [6.45, 7) is 1.60. The van der Waals surface area contributed by atoms with E-state index >= 15 is 0 Å². The number of ether oxygens (including phenoxy) is 1. The van der Waals surface area contributed by atoms with Crippen molar-refractivity contribution in [1.82, 2.24) is 0 Å². The number of hydrogen-bond donors (Lipinski definition) is 0. The van der Waals surface area contributed by atoms with Gasteiger partial charge in [0.1, 0.15) is 5.75 Å². The molecule has 88 valence electrons. The van der Waals surface area contributed by atoms with Gasteiger partial charge in [0.05, 0.1) is 4.83 Å². The number of hydrogen-bond acceptors (Lipinski definition) is 2. The van der Waals surface area contributed by atoms with Crippen LogP contribution in [-0.4, -0.2) is 17.0 Å². The molecule has 0 aromatic heterocycles. The standard InChI is InChI=1S/C10H8BrF3O2/c1-6(11)9(15)7-3-2-4-8(5-7)16-10(12,13)14/h2-6H,1H3. The van der Waals surface area contributed by atoms with E-state index in [0.29, 0.717) is 0 Å². The van der Waals surface area contributed by atoms with Crippen LogP contribution in [-0.2, 0) is 0 Å². The molecule has 0 spiro atoms. The van der Waals surface area contributed by atoms with Crippen molar-refractivity contribution in [3.63, 3.8) is 0 Å². The highest BCUT2D eigenvalue weighted by atomic mass is 79.9. The Morgan fingerprint density at radius 1 is 1.44 bits per heavy atom. The van der Waals surface area contributed by atoms with Crippen molar-refractivity contribution in [1.29, 1.82) is 0 Å². The van der Waals surface area contributed by atoms with Gasteiger partial charge in [-0.05, 0) is 19.1 Å². The minimum atomic E-state index is -4.75. The van der Waals surface area contributed by atoms with Crippen LogP contribution in [0, 0.1) is 0 Å². The van der Waals surface area contributed by atoms with Gasteiger partial charge in [-0.3, -0.25) is 4.79 Å². The number of rotatable bonds is 3. The fourth-order valence-electron chi connectivity index (χ4n) is 1.08. The van der Waals surface area contributed by atoms with E-state index < -0.39 is 16.9 Å². The summed E-state index contributed by atoms with van der Waals surface area (Å²) in [7, 11) is 0. The van der Waals surface area contributed by atoms with Crippen molar-refractivity contribution in [2.24, 2.45) is 0 Å². The van der Waals surface area contributed by atoms with Crippen LogP contribution in [0.4, 0.5) is 13.2 Å². The van der Waals surface area contributed by atoms with Crippen molar-refractivity contribution in [3.8, 4) is 5.75 Å². The molecule has 6 heteroatoms. The average Bonchev–Trinajstić information content (AvgIpc) is 2.14. The summed E-state index contributed by atoms with van der Waals surface area (Å²) in [4.78, 5) is 11.0. The summed E-state index contributed by atoms with van der Waals surface area (Å²) in [6, 6.07) is 4.98. The Kier molecular flexibility index (Phi) is 3.96. The zero-order valence-corrected chi connectivity index (χ0v) is 9.80. The van der Waals surface area contributed by atoms with Gasteiger partial charge < -0.3 is 4.74 Å². The van der Waals surface area contributed by atoms with Crippen molar-refractivity contribution in [2.45, 2.75) is 18.1 Å². The molecule has 0 saturated heterocycles. The smallest absolute Gasteiger partial charge is 0.406 e. The van der Waals surface area contributed by atoms with Crippen molar-refractivity contribution < 1.29 is 22.7 Å². The molecule has 1 atom stereocenters. The second-order valence-corrected chi connectivity index (χ2v) is 4.43. The first kappa shape index (κ1) is 13.0. The number of ketones is 1. The normalized spacial score (nSPS) is 13.3. The number of Topliss-reactive ketones (excluding diaryl/α,β-unsaturated/α-hetero) is 1. The Morgan fingerprint density at radius 2 is 2.06 bits per heavy atom. The zero-order valence-electron chi connectivity index (χ0n) is 8.22. The molecule has 0 aliphatic rings. The predicted molar refractivity (Wildman–Crippen MR) is 55.8 cm³/mol. The van der Waals surface area contributed by atoms with Crippen LogP contribution in [0.25, 0.3) is 0 Å². The van der Waals surface area contributed by atoms with Crippen LogP contribution in [0.3, 0.4) is 0 Å². The lowest BCUT2D eigenvalue weighted by Crippen LogP contribution is -2.17. The maximum atomic E-state index is 11.9. The second-order valence-electron chi connectivity index (χ2n) is 3.06. The maximum Gasteiger partial charge on any atom is 0.573 e. The Bertz CT molecular complexity index is 388. The van der Waals surface area contributed by atoms with E-state index in [1.165, 1.54) is 12.1 Å². The molecule has 0 bridgehead atoms. The summed E-state index contributed by atoms with van der Waals surface area (Å²) >= 11 is 3.05. The summed E-state index contributed by atoms with van der Waals surface area (Å²) < 4.78 is 39.5. The summed E-state index contributed by atoms with van der Waals surface area (Å²) in [5.41, 5.74) is 0.172. The molecule has 0 aliphatic heterocycles. The first-order chi connectivity index (χ1) is 7.29. The minimum absolute atomic E-state index is 0.172. The third kappa shape index (κ3) is 3.84. The summed E-state index contributed by atoms with van der Waals surface area (Å²) in [5, 5.41) is 0. The lowest BCUT2D eigenvalue weighted by Gasteiger charge is -2.10. The molecule has 1 aromatic carbocycles. The van der Waals surface area contributed by atoms with Gasteiger partial charge in [-0.15, -0.1) is 13.2 Å². The van der Waals surface area contributed by atoms with Gasteiger partial charge in [-0.1, -0.05) is 28.1 Å². The summed E-state index contributed by atoms with van der Waals surface area (Å²) in [6.07, 6.45) is -4.75. The van der Waals surface area contributed by atoms with Crippen LogP contribution in [0.1, 0.15) is 17.3 Å². The molecule has 1 aromatic rings. The van der Waals surface area contributed by atoms with E-state index in [1.807, 2.05) is 0 Å². The monoisotopic (exact) mass is 296 g/mol. The van der Waals surface area contributed by atoms with Crippen LogP contribution in [0.15, 0.2) is 24.3 Å². The van der Waals surface area contributed by atoms with E-state index in [1.54, 1.807) is 6.92 Å². The number of halogens is 4. The maximum absolute atomic E-state index is 11.9. The first-order valence-electron chi connectivity index (χ1n) is 4.33. The molecule has 0 saturated carbocycles. The van der Waals surface area contributed by atoms with Crippen molar-refractivity contribution in [2.75, 3.05) is 0 Å². The second kappa shape index (κ2) is 4.86. The molecule has 0 heterocycles. The molecular weight excluding hydrogens is 289 g/mol. The van der Waals surface area contributed by atoms with E-state index in [-0.39, 0.29) is 11.3 Å². The topological polar surface area (TPSA) is 26.3 Å². The van der Waals surface area contributed by atoms with Crippen LogP contribution < -0.4 is 4.74 Å². The Labute approximate surface area is 98.5 Å². The number of carbonyl (C=O) groups is 1. The molecule has 0 amide bonds. The lowest BCUT2D eigenvalue weighted by molar-refractivity contribution is -0.274. The van der Waals surface area contributed by atoms with E-state index in [0.717, 1.165) is 12.1 Å². The Morgan fingerprint density at radius 3 is 2.56 bits per heavy atom. The molecule has 2 nitrogen and oxygen atoms in total. The molecule has 0 aliphatic carbocycles. The van der Waals surface area contributed by atoms with Crippen LogP contribution >= 0.6 is 15.9 Å². The number of alkyl halides is 4. The fraction of sp³-hybridized carbons (Fsp3) is 0.300. The van der Waals surface area contributed by atoms with Crippen LogP contribution in [0.5, 0.6) is 5.75 Å². The zero-order chi connectivity index (χ0) is 12.3. The quantitative estimate of drug-likeness (QED) is 0.630. The summed E-state index contributed by atoms with van der Waals surface area (Å²) in [5.74, 6) is -0.695. The number of carbonyl (C=O) groups excluding carboxylic acids is 1. The van der Waals surface area contributed by atoms with Gasteiger partial charge in [0.15, 0.2) is 5.78 Å². The van der Waals surface area contributed by atoms with Gasteiger partial charge >= 0.3 is 6.36 Å². The largest absolute Gasteiger partial charge is 0.573 e. The Balaban J connectivity index is 2.91. The van der Waals surface area contributed by atoms with Gasteiger partial charge in [0.25, 0.3) is 0 Å². The van der Waals surface area contributed by atoms with Gasteiger partial charge in [-0.2, -0.15) is 0 Å². The van der Waals surface area contributed by atoms with E-state index in [2.05, 4.69) is 20.7 Å². The van der Waals surface area contributed by atoms with E-state index in [9.17, 15) is 18.0 Å². The van der Waals surface area contributed by atoms with Gasteiger partial charge in [0, 0.05) is 5.56 Å². The molecule has 0 N–H and O–H groups in total.